The van der Waals surface area contributed by atoms with Gasteiger partial charge in [-0.25, -0.2) is 0 Å². The van der Waals surface area contributed by atoms with Crippen LogP contribution in [-0.4, -0.2) is 16.3 Å². The lowest BCUT2D eigenvalue weighted by molar-refractivity contribution is 0.445. The molecule has 3 heteroatoms. The molecule has 1 heterocycles. The summed E-state index contributed by atoms with van der Waals surface area (Å²) in [6.07, 6.45) is 5.28. The molecule has 1 aromatic carbocycles. The first kappa shape index (κ1) is 14.8. The molecule has 0 bridgehead atoms. The normalized spacial score (nSPS) is 14.2. The summed E-state index contributed by atoms with van der Waals surface area (Å²) in [6, 6.07) is 11.1. The number of aromatic nitrogens is 2. The van der Waals surface area contributed by atoms with E-state index in [4.69, 9.17) is 0 Å². The number of nitrogens with zero attached hydrogens (tertiary/aromatic N) is 2. The molecule has 20 heavy (non-hydrogen) atoms. The van der Waals surface area contributed by atoms with Gasteiger partial charge in [-0.15, -0.1) is 0 Å². The van der Waals surface area contributed by atoms with Gasteiger partial charge < -0.3 is 5.32 Å². The van der Waals surface area contributed by atoms with E-state index in [0.29, 0.717) is 12.0 Å². The molecule has 0 amide bonds. The summed E-state index contributed by atoms with van der Waals surface area (Å²) in [5, 5.41) is 8.06. The van der Waals surface area contributed by atoms with Crippen molar-refractivity contribution in [1.82, 2.24) is 15.1 Å². The Bertz CT molecular complexity index is 504. The van der Waals surface area contributed by atoms with Gasteiger partial charge in [0.1, 0.15) is 0 Å². The number of aryl methyl sites for hydroxylation is 1. The van der Waals surface area contributed by atoms with Crippen LogP contribution >= 0.6 is 0 Å². The third kappa shape index (κ3) is 3.28. The smallest absolute Gasteiger partial charge is 0.0537 e. The van der Waals surface area contributed by atoms with E-state index in [9.17, 15) is 0 Å². The number of rotatable bonds is 7. The van der Waals surface area contributed by atoms with Crippen LogP contribution < -0.4 is 5.32 Å². The molecule has 0 aliphatic rings. The second-order valence-corrected chi connectivity index (χ2v) is 5.09. The van der Waals surface area contributed by atoms with Gasteiger partial charge in [-0.3, -0.25) is 4.68 Å². The van der Waals surface area contributed by atoms with E-state index >= 15 is 0 Å². The average Bonchev–Trinajstić information content (AvgIpc) is 2.97. The molecule has 108 valence electrons. The van der Waals surface area contributed by atoms with Gasteiger partial charge in [0.2, 0.25) is 0 Å². The zero-order chi connectivity index (χ0) is 14.4. The van der Waals surface area contributed by atoms with E-state index in [1.54, 1.807) is 0 Å². The van der Waals surface area contributed by atoms with Gasteiger partial charge in [0.25, 0.3) is 0 Å². The minimum atomic E-state index is 0.327. The highest BCUT2D eigenvalue weighted by Gasteiger charge is 2.23. The van der Waals surface area contributed by atoms with Gasteiger partial charge in [0, 0.05) is 30.3 Å². The number of hydrogen-bond donors (Lipinski definition) is 1. The summed E-state index contributed by atoms with van der Waals surface area (Å²) in [4.78, 5) is 0. The summed E-state index contributed by atoms with van der Waals surface area (Å²) in [5.41, 5.74) is 2.68. The van der Waals surface area contributed by atoms with E-state index in [1.807, 2.05) is 10.9 Å². The Morgan fingerprint density at radius 3 is 2.40 bits per heavy atom. The zero-order valence-corrected chi connectivity index (χ0v) is 12.7. The molecule has 0 fully saturated rings. The molecule has 0 saturated heterocycles. The molecule has 0 saturated carbocycles. The van der Waals surface area contributed by atoms with Crippen LogP contribution in [0.5, 0.6) is 0 Å². The summed E-state index contributed by atoms with van der Waals surface area (Å²) in [6.45, 7) is 8.42. The fourth-order valence-electron chi connectivity index (χ4n) is 2.79. The molecule has 0 spiro atoms. The van der Waals surface area contributed by atoms with Crippen molar-refractivity contribution in [2.75, 3.05) is 6.54 Å². The molecule has 2 unspecified atom stereocenters. The first-order valence-corrected chi connectivity index (χ1v) is 7.60. The van der Waals surface area contributed by atoms with Crippen molar-refractivity contribution in [2.45, 2.75) is 45.7 Å². The molecule has 1 aromatic heterocycles. The molecule has 2 atom stereocenters. The SMILES string of the molecule is CCNC(c1cnn(CC)c1)C(CC)c1ccccc1. The second kappa shape index (κ2) is 7.25. The minimum absolute atomic E-state index is 0.327. The quantitative estimate of drug-likeness (QED) is 0.831. The van der Waals surface area contributed by atoms with Crippen molar-refractivity contribution in [3.8, 4) is 0 Å². The molecule has 1 N–H and O–H groups in total. The maximum absolute atomic E-state index is 4.42. The zero-order valence-electron chi connectivity index (χ0n) is 12.7. The number of benzene rings is 1. The van der Waals surface area contributed by atoms with Crippen molar-refractivity contribution < 1.29 is 0 Å². The van der Waals surface area contributed by atoms with Gasteiger partial charge in [-0.05, 0) is 25.5 Å². The number of likely N-dealkylation sites (N-methyl/N-ethyl adjacent to an activating group) is 1. The third-order valence-corrected chi connectivity index (χ3v) is 3.83. The average molecular weight is 271 g/mol. The monoisotopic (exact) mass is 271 g/mol. The molecule has 2 aromatic rings. The van der Waals surface area contributed by atoms with E-state index in [1.165, 1.54) is 11.1 Å². The van der Waals surface area contributed by atoms with Crippen molar-refractivity contribution in [3.05, 3.63) is 53.9 Å². The molecular formula is C17H25N3. The van der Waals surface area contributed by atoms with Crippen molar-refractivity contribution >= 4 is 0 Å². The Morgan fingerprint density at radius 2 is 1.85 bits per heavy atom. The number of hydrogen-bond acceptors (Lipinski definition) is 2. The van der Waals surface area contributed by atoms with E-state index in [-0.39, 0.29) is 0 Å². The van der Waals surface area contributed by atoms with Gasteiger partial charge in [0.05, 0.1) is 6.20 Å². The molecule has 2 rings (SSSR count). The lowest BCUT2D eigenvalue weighted by atomic mass is 9.86. The molecule has 0 aliphatic carbocycles. The first-order valence-electron chi connectivity index (χ1n) is 7.60. The second-order valence-electron chi connectivity index (χ2n) is 5.09. The van der Waals surface area contributed by atoms with Gasteiger partial charge >= 0.3 is 0 Å². The van der Waals surface area contributed by atoms with Crippen LogP contribution in [0.25, 0.3) is 0 Å². The van der Waals surface area contributed by atoms with Gasteiger partial charge in [0.15, 0.2) is 0 Å². The Hall–Kier alpha value is -1.61. The van der Waals surface area contributed by atoms with E-state index in [0.717, 1.165) is 19.5 Å². The maximum atomic E-state index is 4.42. The highest BCUT2D eigenvalue weighted by atomic mass is 15.3. The van der Waals surface area contributed by atoms with Crippen LogP contribution in [0.2, 0.25) is 0 Å². The van der Waals surface area contributed by atoms with Crippen LogP contribution in [0.4, 0.5) is 0 Å². The fourth-order valence-corrected chi connectivity index (χ4v) is 2.79. The van der Waals surface area contributed by atoms with Gasteiger partial charge in [-0.2, -0.15) is 5.10 Å². The van der Waals surface area contributed by atoms with Gasteiger partial charge in [-0.1, -0.05) is 44.2 Å². The van der Waals surface area contributed by atoms with Crippen molar-refractivity contribution in [1.29, 1.82) is 0 Å². The predicted octanol–water partition coefficient (Wildman–Crippen LogP) is 3.75. The topological polar surface area (TPSA) is 29.9 Å². The van der Waals surface area contributed by atoms with Crippen LogP contribution in [0.1, 0.15) is 50.3 Å². The Kier molecular flexibility index (Phi) is 5.36. The van der Waals surface area contributed by atoms with Crippen LogP contribution in [0.3, 0.4) is 0 Å². The maximum Gasteiger partial charge on any atom is 0.0537 e. The van der Waals surface area contributed by atoms with Crippen molar-refractivity contribution in [3.63, 3.8) is 0 Å². The standard InChI is InChI=1S/C17H25N3/c1-4-16(14-10-8-7-9-11-14)17(18-5-2)15-12-19-20(6-3)13-15/h7-13,16-18H,4-6H2,1-3H3. The largest absolute Gasteiger partial charge is 0.310 e. The Balaban J connectivity index is 2.30. The molecule has 3 nitrogen and oxygen atoms in total. The Morgan fingerprint density at radius 1 is 1.10 bits per heavy atom. The molecule has 0 radical (unpaired) electrons. The first-order chi connectivity index (χ1) is 9.80. The van der Waals surface area contributed by atoms with Crippen molar-refractivity contribution in [2.24, 2.45) is 0 Å². The van der Waals surface area contributed by atoms with E-state index in [2.05, 4.69) is 67.7 Å². The molecular weight excluding hydrogens is 246 g/mol. The summed E-state index contributed by atoms with van der Waals surface area (Å²) < 4.78 is 2.00. The summed E-state index contributed by atoms with van der Waals surface area (Å²) in [5.74, 6) is 0.477. The minimum Gasteiger partial charge on any atom is -0.310 e. The number of nitrogens with one attached hydrogen (secondary N) is 1. The predicted molar refractivity (Wildman–Crippen MR) is 83.8 cm³/mol. The van der Waals surface area contributed by atoms with Crippen LogP contribution in [-0.2, 0) is 6.54 Å². The fraction of sp³-hybridized carbons (Fsp3) is 0.471. The van der Waals surface area contributed by atoms with Crippen LogP contribution in [0.15, 0.2) is 42.7 Å². The highest BCUT2D eigenvalue weighted by Crippen LogP contribution is 2.33. The highest BCUT2D eigenvalue weighted by molar-refractivity contribution is 5.25. The summed E-state index contributed by atoms with van der Waals surface area (Å²) in [7, 11) is 0. The Labute approximate surface area is 122 Å². The third-order valence-electron chi connectivity index (χ3n) is 3.83. The summed E-state index contributed by atoms with van der Waals surface area (Å²) >= 11 is 0. The molecule has 0 aliphatic heterocycles. The van der Waals surface area contributed by atoms with Crippen LogP contribution in [0, 0.1) is 0 Å². The lowest BCUT2D eigenvalue weighted by Gasteiger charge is -2.26. The van der Waals surface area contributed by atoms with E-state index < -0.39 is 0 Å². The lowest BCUT2D eigenvalue weighted by Crippen LogP contribution is -2.26.